The Morgan fingerprint density at radius 3 is 1.78 bits per heavy atom. The van der Waals surface area contributed by atoms with Crippen molar-refractivity contribution >= 4 is 0 Å². The molecule has 3 aromatic rings. The van der Waals surface area contributed by atoms with E-state index in [2.05, 4.69) is 11.8 Å². The maximum absolute atomic E-state index is 13.5. The predicted molar refractivity (Wildman–Crippen MR) is 84.2 cm³/mol. The van der Waals surface area contributed by atoms with Crippen molar-refractivity contribution in [2.24, 2.45) is 0 Å². The largest absolute Gasteiger partial charge is 0.207 e. The number of hydrogen-bond donors (Lipinski definition) is 0. The molecule has 0 fully saturated rings. The molecule has 0 aliphatic carbocycles. The lowest BCUT2D eigenvalue weighted by atomic mass is 10.0. The van der Waals surface area contributed by atoms with Gasteiger partial charge in [0.2, 0.25) is 0 Å². The molecule has 0 saturated carbocycles. The van der Waals surface area contributed by atoms with Crippen LogP contribution in [0, 0.1) is 29.3 Å². The predicted octanol–water partition coefficient (Wildman–Crippen LogP) is 5.17. The lowest BCUT2D eigenvalue weighted by Gasteiger charge is -2.01. The van der Waals surface area contributed by atoms with E-state index in [0.29, 0.717) is 17.7 Å². The summed E-state index contributed by atoms with van der Waals surface area (Å²) in [5.41, 5.74) is 2.28. The van der Waals surface area contributed by atoms with Crippen molar-refractivity contribution in [1.82, 2.24) is 0 Å². The summed E-state index contributed by atoms with van der Waals surface area (Å²) in [6.45, 7) is 0. The summed E-state index contributed by atoms with van der Waals surface area (Å²) >= 11 is 0. The number of hydrogen-bond acceptors (Lipinski definition) is 0. The summed E-state index contributed by atoms with van der Waals surface area (Å²) in [7, 11) is 0. The van der Waals surface area contributed by atoms with Gasteiger partial charge in [-0.15, -0.1) is 0 Å². The van der Waals surface area contributed by atoms with Crippen LogP contribution in [-0.2, 0) is 0 Å². The third-order valence-corrected chi connectivity index (χ3v) is 3.33. The Bertz CT molecular complexity index is 863. The zero-order chi connectivity index (χ0) is 16.2. The van der Waals surface area contributed by atoms with Gasteiger partial charge < -0.3 is 0 Å². The van der Waals surface area contributed by atoms with Gasteiger partial charge in [-0.05, 0) is 23.3 Å². The molecule has 0 saturated heterocycles. The fourth-order valence-electron chi connectivity index (χ4n) is 2.17. The van der Waals surface area contributed by atoms with E-state index in [0.717, 1.165) is 11.1 Å². The van der Waals surface area contributed by atoms with Crippen molar-refractivity contribution in [1.29, 1.82) is 0 Å². The lowest BCUT2D eigenvalue weighted by molar-refractivity contribution is 0.539. The smallest absolute Gasteiger partial charge is 0.144 e. The van der Waals surface area contributed by atoms with E-state index in [-0.39, 0.29) is 0 Å². The molecule has 0 aromatic heterocycles. The molecule has 0 aliphatic heterocycles. The highest BCUT2D eigenvalue weighted by atomic mass is 19.1. The number of benzene rings is 3. The first-order valence-electron chi connectivity index (χ1n) is 6.95. The van der Waals surface area contributed by atoms with Crippen molar-refractivity contribution in [3.8, 4) is 23.0 Å². The second-order valence-corrected chi connectivity index (χ2v) is 4.94. The van der Waals surface area contributed by atoms with Gasteiger partial charge in [0.25, 0.3) is 0 Å². The van der Waals surface area contributed by atoms with Crippen molar-refractivity contribution in [3.63, 3.8) is 0 Å². The highest BCUT2D eigenvalue weighted by Gasteiger charge is 2.08. The maximum atomic E-state index is 13.5. The average Bonchev–Trinajstić information content (AvgIpc) is 2.55. The fraction of sp³-hybridized carbons (Fsp3) is 0. The minimum Gasteiger partial charge on any atom is -0.207 e. The molecule has 0 spiro atoms. The Morgan fingerprint density at radius 1 is 0.609 bits per heavy atom. The van der Waals surface area contributed by atoms with Gasteiger partial charge in [-0.25, -0.2) is 13.2 Å². The third kappa shape index (κ3) is 3.44. The van der Waals surface area contributed by atoms with Crippen LogP contribution in [0.5, 0.6) is 0 Å². The Labute approximate surface area is 132 Å². The summed E-state index contributed by atoms with van der Waals surface area (Å²) in [5.74, 6) is 2.14. The first-order valence-corrected chi connectivity index (χ1v) is 6.95. The lowest BCUT2D eigenvalue weighted by Crippen LogP contribution is -1.92. The molecule has 3 rings (SSSR count). The molecule has 3 heteroatoms. The Kier molecular flexibility index (Phi) is 4.16. The van der Waals surface area contributed by atoms with Gasteiger partial charge in [0, 0.05) is 17.7 Å². The van der Waals surface area contributed by atoms with E-state index < -0.39 is 23.0 Å². The van der Waals surface area contributed by atoms with Gasteiger partial charge in [0.05, 0.1) is 5.56 Å². The first kappa shape index (κ1) is 14.9. The number of rotatable bonds is 1. The van der Waals surface area contributed by atoms with Gasteiger partial charge >= 0.3 is 0 Å². The molecule has 23 heavy (non-hydrogen) atoms. The summed E-state index contributed by atoms with van der Waals surface area (Å²) in [5, 5.41) is 0. The van der Waals surface area contributed by atoms with Crippen LogP contribution in [0.25, 0.3) is 11.1 Å². The number of halogens is 3. The highest BCUT2D eigenvalue weighted by molar-refractivity contribution is 5.64. The van der Waals surface area contributed by atoms with Crippen molar-refractivity contribution in [2.75, 3.05) is 0 Å². The van der Waals surface area contributed by atoms with Crippen LogP contribution >= 0.6 is 0 Å². The van der Waals surface area contributed by atoms with Crippen LogP contribution in [0.4, 0.5) is 13.2 Å². The summed E-state index contributed by atoms with van der Waals surface area (Å²) in [4.78, 5) is 0. The molecule has 0 unspecified atom stereocenters. The summed E-state index contributed by atoms with van der Waals surface area (Å²) in [6, 6.07) is 18.4. The van der Waals surface area contributed by atoms with E-state index in [1.165, 1.54) is 0 Å². The Balaban J connectivity index is 1.88. The first-order chi connectivity index (χ1) is 11.1. The SMILES string of the molecule is Fc1cc(F)c(C#Cc2ccc(-c3ccccc3)cc2)c(F)c1. The van der Waals surface area contributed by atoms with Crippen molar-refractivity contribution in [2.45, 2.75) is 0 Å². The zero-order valence-electron chi connectivity index (χ0n) is 12.0. The van der Waals surface area contributed by atoms with E-state index in [9.17, 15) is 13.2 Å². The standard InChI is InChI=1S/C20H11F3/c21-17-12-19(22)18(20(23)13-17)11-8-14-6-9-16(10-7-14)15-4-2-1-3-5-15/h1-7,9-10,12-13H. The Morgan fingerprint density at radius 2 is 1.17 bits per heavy atom. The molecule has 112 valence electrons. The molecule has 0 atom stereocenters. The monoisotopic (exact) mass is 308 g/mol. The van der Waals surface area contributed by atoms with Gasteiger partial charge in [0.15, 0.2) is 0 Å². The molecule has 0 nitrogen and oxygen atoms in total. The van der Waals surface area contributed by atoms with E-state index in [1.54, 1.807) is 12.1 Å². The average molecular weight is 308 g/mol. The van der Waals surface area contributed by atoms with E-state index in [1.807, 2.05) is 42.5 Å². The van der Waals surface area contributed by atoms with Crippen LogP contribution in [0.1, 0.15) is 11.1 Å². The maximum Gasteiger partial charge on any atom is 0.144 e. The molecular weight excluding hydrogens is 297 g/mol. The molecular formula is C20H11F3. The molecule has 0 radical (unpaired) electrons. The minimum atomic E-state index is -1.00. The molecule has 0 amide bonds. The van der Waals surface area contributed by atoms with Crippen LogP contribution in [0.15, 0.2) is 66.7 Å². The highest BCUT2D eigenvalue weighted by Crippen LogP contribution is 2.19. The van der Waals surface area contributed by atoms with Crippen LogP contribution in [0.2, 0.25) is 0 Å². The molecule has 0 N–H and O–H groups in total. The molecule has 0 aliphatic rings. The van der Waals surface area contributed by atoms with Gasteiger partial charge in [-0.1, -0.05) is 54.3 Å². The van der Waals surface area contributed by atoms with Crippen LogP contribution < -0.4 is 0 Å². The van der Waals surface area contributed by atoms with Gasteiger partial charge in [-0.3, -0.25) is 0 Å². The summed E-state index contributed by atoms with van der Waals surface area (Å²) in [6.07, 6.45) is 0. The van der Waals surface area contributed by atoms with Crippen molar-refractivity contribution in [3.05, 3.63) is 95.3 Å². The summed E-state index contributed by atoms with van der Waals surface area (Å²) < 4.78 is 39.9. The third-order valence-electron chi connectivity index (χ3n) is 3.33. The van der Waals surface area contributed by atoms with Gasteiger partial charge in [0.1, 0.15) is 17.5 Å². The van der Waals surface area contributed by atoms with Crippen LogP contribution in [0.3, 0.4) is 0 Å². The second kappa shape index (κ2) is 6.41. The topological polar surface area (TPSA) is 0 Å². The Hall–Kier alpha value is -2.99. The van der Waals surface area contributed by atoms with Crippen molar-refractivity contribution < 1.29 is 13.2 Å². The second-order valence-electron chi connectivity index (χ2n) is 4.94. The minimum absolute atomic E-state index is 0.432. The van der Waals surface area contributed by atoms with Crippen LogP contribution in [-0.4, -0.2) is 0 Å². The molecule has 3 aromatic carbocycles. The fourth-order valence-corrected chi connectivity index (χ4v) is 2.17. The van der Waals surface area contributed by atoms with Gasteiger partial charge in [-0.2, -0.15) is 0 Å². The molecule has 0 bridgehead atoms. The zero-order valence-corrected chi connectivity index (χ0v) is 12.0. The normalized spacial score (nSPS) is 10.0. The van der Waals surface area contributed by atoms with E-state index in [4.69, 9.17) is 0 Å². The molecule has 0 heterocycles. The quantitative estimate of drug-likeness (QED) is 0.544. The van der Waals surface area contributed by atoms with E-state index >= 15 is 0 Å².